The first kappa shape index (κ1) is 17.1. The maximum absolute atomic E-state index is 12.4. The number of unbranched alkanes of at least 4 members (excludes halogenated alkanes) is 1. The van der Waals surface area contributed by atoms with Crippen molar-refractivity contribution in [3.63, 3.8) is 0 Å². The van der Waals surface area contributed by atoms with Gasteiger partial charge in [-0.3, -0.25) is 9.48 Å². The van der Waals surface area contributed by atoms with Crippen molar-refractivity contribution in [2.45, 2.75) is 65.5 Å². The van der Waals surface area contributed by atoms with Crippen LogP contribution in [-0.4, -0.2) is 33.2 Å². The highest BCUT2D eigenvalue weighted by Gasteiger charge is 2.21. The van der Waals surface area contributed by atoms with Gasteiger partial charge in [-0.05, 0) is 45.6 Å². The zero-order valence-corrected chi connectivity index (χ0v) is 14.6. The lowest BCUT2D eigenvalue weighted by Gasteiger charge is -2.32. The highest BCUT2D eigenvalue weighted by Crippen LogP contribution is 2.22. The van der Waals surface area contributed by atoms with Crippen molar-refractivity contribution < 1.29 is 4.79 Å². The number of likely N-dealkylation sites (tertiary alicyclic amines) is 1. The standard InChI is InChI=1S/C17H26ClN3O/c1-4-5-12-21-17(18)15(14(3)19-21)9-10-16(22)20-11-7-6-8-13(20)2/h9-10,13H,4-8,11-12H2,1-3H3/b10-9+. The Kier molecular flexibility index (Phi) is 6.07. The van der Waals surface area contributed by atoms with E-state index in [1.54, 1.807) is 6.08 Å². The van der Waals surface area contributed by atoms with Gasteiger partial charge in [0.25, 0.3) is 0 Å². The van der Waals surface area contributed by atoms with E-state index < -0.39 is 0 Å². The number of halogens is 1. The molecule has 1 fully saturated rings. The van der Waals surface area contributed by atoms with Crippen molar-refractivity contribution in [3.05, 3.63) is 22.5 Å². The Morgan fingerprint density at radius 3 is 2.91 bits per heavy atom. The van der Waals surface area contributed by atoms with Crippen LogP contribution in [0.4, 0.5) is 0 Å². The van der Waals surface area contributed by atoms with Gasteiger partial charge in [0, 0.05) is 30.8 Å². The van der Waals surface area contributed by atoms with Crippen molar-refractivity contribution in [2.75, 3.05) is 6.54 Å². The predicted octanol–water partition coefficient (Wildman–Crippen LogP) is 4.06. The Balaban J connectivity index is 2.09. The summed E-state index contributed by atoms with van der Waals surface area (Å²) in [5.41, 5.74) is 1.73. The number of hydrogen-bond donors (Lipinski definition) is 0. The zero-order chi connectivity index (χ0) is 16.1. The lowest BCUT2D eigenvalue weighted by molar-refractivity contribution is -0.129. The molecule has 4 nitrogen and oxygen atoms in total. The average Bonchev–Trinajstić information content (AvgIpc) is 2.77. The summed E-state index contributed by atoms with van der Waals surface area (Å²) in [4.78, 5) is 14.3. The minimum absolute atomic E-state index is 0.0731. The third-order valence-electron chi connectivity index (χ3n) is 4.31. The lowest BCUT2D eigenvalue weighted by atomic mass is 10.0. The summed E-state index contributed by atoms with van der Waals surface area (Å²) >= 11 is 6.39. The van der Waals surface area contributed by atoms with Gasteiger partial charge in [-0.15, -0.1) is 0 Å². The van der Waals surface area contributed by atoms with Gasteiger partial charge >= 0.3 is 0 Å². The van der Waals surface area contributed by atoms with E-state index in [1.165, 1.54) is 6.42 Å². The highest BCUT2D eigenvalue weighted by molar-refractivity contribution is 6.31. The molecule has 1 aromatic heterocycles. The van der Waals surface area contributed by atoms with Crippen LogP contribution < -0.4 is 0 Å². The van der Waals surface area contributed by atoms with E-state index in [0.717, 1.165) is 50.0 Å². The van der Waals surface area contributed by atoms with Crippen LogP contribution in [-0.2, 0) is 11.3 Å². The first-order chi connectivity index (χ1) is 10.5. The normalized spacial score (nSPS) is 19.1. The van der Waals surface area contributed by atoms with E-state index in [0.29, 0.717) is 11.2 Å². The Morgan fingerprint density at radius 2 is 2.23 bits per heavy atom. The lowest BCUT2D eigenvalue weighted by Crippen LogP contribution is -2.41. The first-order valence-electron chi connectivity index (χ1n) is 8.26. The van der Waals surface area contributed by atoms with Gasteiger partial charge in [0.05, 0.1) is 5.69 Å². The predicted molar refractivity (Wildman–Crippen MR) is 90.9 cm³/mol. The molecular weight excluding hydrogens is 298 g/mol. The fraction of sp³-hybridized carbons (Fsp3) is 0.647. The minimum Gasteiger partial charge on any atom is -0.336 e. The highest BCUT2D eigenvalue weighted by atomic mass is 35.5. The number of carbonyl (C=O) groups excluding carboxylic acids is 1. The molecule has 0 spiro atoms. The largest absolute Gasteiger partial charge is 0.336 e. The van der Waals surface area contributed by atoms with Crippen molar-refractivity contribution in [2.24, 2.45) is 0 Å². The Hall–Kier alpha value is -1.29. The molecule has 1 amide bonds. The van der Waals surface area contributed by atoms with E-state index in [-0.39, 0.29) is 5.91 Å². The third kappa shape index (κ3) is 3.92. The van der Waals surface area contributed by atoms with Crippen LogP contribution in [0.1, 0.15) is 57.2 Å². The monoisotopic (exact) mass is 323 g/mol. The first-order valence-corrected chi connectivity index (χ1v) is 8.64. The molecule has 0 radical (unpaired) electrons. The molecule has 1 aromatic rings. The molecule has 0 aromatic carbocycles. The number of rotatable bonds is 5. The summed E-state index contributed by atoms with van der Waals surface area (Å²) in [6, 6.07) is 0.328. The molecule has 1 unspecified atom stereocenters. The number of carbonyl (C=O) groups is 1. The van der Waals surface area contributed by atoms with Gasteiger partial charge in [0.1, 0.15) is 5.15 Å². The second-order valence-electron chi connectivity index (χ2n) is 6.08. The average molecular weight is 324 g/mol. The summed E-state index contributed by atoms with van der Waals surface area (Å²) in [7, 11) is 0. The Bertz CT molecular complexity index is 550. The third-order valence-corrected chi connectivity index (χ3v) is 4.71. The van der Waals surface area contributed by atoms with Crippen LogP contribution in [0.3, 0.4) is 0 Å². The molecule has 1 saturated heterocycles. The summed E-state index contributed by atoms with van der Waals surface area (Å²) in [6.07, 6.45) is 9.01. The van der Waals surface area contributed by atoms with Crippen LogP contribution in [0, 0.1) is 6.92 Å². The zero-order valence-electron chi connectivity index (χ0n) is 13.8. The number of amides is 1. The van der Waals surface area contributed by atoms with E-state index in [9.17, 15) is 4.79 Å². The molecule has 0 N–H and O–H groups in total. The molecule has 5 heteroatoms. The maximum atomic E-state index is 12.4. The second kappa shape index (κ2) is 7.82. The van der Waals surface area contributed by atoms with Crippen molar-refractivity contribution in [1.82, 2.24) is 14.7 Å². The van der Waals surface area contributed by atoms with Crippen LogP contribution >= 0.6 is 11.6 Å². The van der Waals surface area contributed by atoms with Gasteiger partial charge in [-0.1, -0.05) is 24.9 Å². The van der Waals surface area contributed by atoms with Gasteiger partial charge < -0.3 is 4.90 Å². The fourth-order valence-electron chi connectivity index (χ4n) is 2.89. The van der Waals surface area contributed by atoms with Gasteiger partial charge in [-0.2, -0.15) is 5.10 Å². The molecule has 1 aliphatic heterocycles. The Morgan fingerprint density at radius 1 is 1.45 bits per heavy atom. The van der Waals surface area contributed by atoms with E-state index in [4.69, 9.17) is 11.6 Å². The van der Waals surface area contributed by atoms with Crippen LogP contribution in [0.15, 0.2) is 6.08 Å². The molecule has 0 bridgehead atoms. The summed E-state index contributed by atoms with van der Waals surface area (Å²) in [5, 5.41) is 5.09. The molecule has 0 saturated carbocycles. The molecule has 2 rings (SSSR count). The van der Waals surface area contributed by atoms with Crippen LogP contribution in [0.2, 0.25) is 5.15 Å². The Labute approximate surface area is 138 Å². The fourth-order valence-corrected chi connectivity index (χ4v) is 3.21. The van der Waals surface area contributed by atoms with Gasteiger partial charge in [-0.25, -0.2) is 0 Å². The summed E-state index contributed by atoms with van der Waals surface area (Å²) in [5.74, 6) is 0.0731. The molecule has 122 valence electrons. The molecular formula is C17H26ClN3O. The van der Waals surface area contributed by atoms with Crippen molar-refractivity contribution in [1.29, 1.82) is 0 Å². The van der Waals surface area contributed by atoms with Crippen LogP contribution in [0.5, 0.6) is 0 Å². The molecule has 22 heavy (non-hydrogen) atoms. The summed E-state index contributed by atoms with van der Waals surface area (Å²) < 4.78 is 1.83. The van der Waals surface area contributed by atoms with Gasteiger partial charge in [0.2, 0.25) is 5.91 Å². The quantitative estimate of drug-likeness (QED) is 0.766. The SMILES string of the molecule is CCCCn1nc(C)c(/C=C/C(=O)N2CCCCC2C)c1Cl. The number of hydrogen-bond acceptors (Lipinski definition) is 2. The van der Waals surface area contributed by atoms with Crippen molar-refractivity contribution in [3.8, 4) is 0 Å². The summed E-state index contributed by atoms with van der Waals surface area (Å²) in [6.45, 7) is 7.87. The number of piperidine rings is 1. The number of aryl methyl sites for hydroxylation is 2. The molecule has 1 atom stereocenters. The molecule has 0 aliphatic carbocycles. The van der Waals surface area contributed by atoms with Crippen molar-refractivity contribution >= 4 is 23.6 Å². The minimum atomic E-state index is 0.0731. The number of aromatic nitrogens is 2. The maximum Gasteiger partial charge on any atom is 0.246 e. The molecule has 2 heterocycles. The van der Waals surface area contributed by atoms with E-state index in [2.05, 4.69) is 18.9 Å². The smallest absolute Gasteiger partial charge is 0.246 e. The van der Waals surface area contributed by atoms with E-state index >= 15 is 0 Å². The topological polar surface area (TPSA) is 38.1 Å². The molecule has 1 aliphatic rings. The van der Waals surface area contributed by atoms with Gasteiger partial charge in [0.15, 0.2) is 0 Å². The number of nitrogens with zero attached hydrogens (tertiary/aromatic N) is 3. The van der Waals surface area contributed by atoms with E-state index in [1.807, 2.05) is 22.6 Å². The van der Waals surface area contributed by atoms with Crippen LogP contribution in [0.25, 0.3) is 6.08 Å². The second-order valence-corrected chi connectivity index (χ2v) is 6.43.